The van der Waals surface area contributed by atoms with Crippen molar-refractivity contribution in [2.75, 3.05) is 12.4 Å². The van der Waals surface area contributed by atoms with Crippen LogP contribution in [0.5, 0.6) is 0 Å². The van der Waals surface area contributed by atoms with E-state index in [1.54, 1.807) is 24.9 Å². The second-order valence-electron chi connectivity index (χ2n) is 8.95. The van der Waals surface area contributed by atoms with Gasteiger partial charge in [-0.25, -0.2) is 0 Å². The van der Waals surface area contributed by atoms with Crippen LogP contribution in [0.25, 0.3) is 0 Å². The molecule has 2 heterocycles. The van der Waals surface area contributed by atoms with Crippen molar-refractivity contribution in [3.63, 3.8) is 0 Å². The summed E-state index contributed by atoms with van der Waals surface area (Å²) in [6.07, 6.45) is 4.69. The molecule has 0 radical (unpaired) electrons. The van der Waals surface area contributed by atoms with Gasteiger partial charge in [0.15, 0.2) is 0 Å². The van der Waals surface area contributed by atoms with Gasteiger partial charge in [-0.15, -0.1) is 0 Å². The second-order valence-corrected chi connectivity index (χ2v) is 8.95. The lowest BCUT2D eigenvalue weighted by molar-refractivity contribution is -0.144. The van der Waals surface area contributed by atoms with E-state index < -0.39 is 18.1 Å². The van der Waals surface area contributed by atoms with Crippen molar-refractivity contribution in [2.24, 2.45) is 0 Å². The molecule has 4 atom stereocenters. The number of hydrogen-bond donors (Lipinski definition) is 4. The van der Waals surface area contributed by atoms with E-state index in [0.29, 0.717) is 25.1 Å². The van der Waals surface area contributed by atoms with Crippen LogP contribution in [0.4, 0.5) is 5.69 Å². The third kappa shape index (κ3) is 6.31. The smallest absolute Gasteiger partial charge is 0.246 e. The average molecular weight is 458 g/mol. The highest BCUT2D eigenvalue weighted by Crippen LogP contribution is 2.31. The Labute approximate surface area is 195 Å². The van der Waals surface area contributed by atoms with Gasteiger partial charge in [-0.3, -0.25) is 19.2 Å². The first-order valence-electron chi connectivity index (χ1n) is 11.7. The lowest BCUT2D eigenvalue weighted by Gasteiger charge is -2.35. The summed E-state index contributed by atoms with van der Waals surface area (Å²) in [4.78, 5) is 51.9. The molecule has 180 valence electrons. The van der Waals surface area contributed by atoms with Crippen LogP contribution >= 0.6 is 0 Å². The van der Waals surface area contributed by atoms with Crippen molar-refractivity contribution in [1.82, 2.24) is 20.9 Å². The Balaban J connectivity index is 1.67. The summed E-state index contributed by atoms with van der Waals surface area (Å²) in [7, 11) is 1.70. The zero-order chi connectivity index (χ0) is 24.0. The summed E-state index contributed by atoms with van der Waals surface area (Å²) >= 11 is 0. The van der Waals surface area contributed by atoms with Crippen molar-refractivity contribution in [1.29, 1.82) is 0 Å². The molecule has 9 nitrogen and oxygen atoms in total. The van der Waals surface area contributed by atoms with E-state index >= 15 is 0 Å². The fourth-order valence-corrected chi connectivity index (χ4v) is 4.62. The zero-order valence-corrected chi connectivity index (χ0v) is 19.6. The molecule has 4 N–H and O–H groups in total. The standard InChI is InChI=1S/C24H35N5O4/c1-15(25-3)22(31)28-20-10-5-4-9-19-11-12-21(29(19)24(20)33)23(32)26-14-17-7-6-8-18(13-17)27-16(2)30/h6-8,13,15,19-21,25H,4-5,9-12,14H2,1-3H3,(H,26,32)(H,27,30)(H,28,31)/t15-,19-,20-,21-/m0/s1. The SMILES string of the molecule is CN[C@@H](C)C(=O)N[C@H]1CCCC[C@H]2CC[C@@H](C(=O)NCc3cccc(NC(C)=O)c3)N2C1=O. The van der Waals surface area contributed by atoms with Gasteiger partial charge in [0.05, 0.1) is 6.04 Å². The van der Waals surface area contributed by atoms with E-state index in [-0.39, 0.29) is 29.7 Å². The van der Waals surface area contributed by atoms with Gasteiger partial charge in [0.2, 0.25) is 23.6 Å². The van der Waals surface area contributed by atoms with Gasteiger partial charge < -0.3 is 26.2 Å². The Morgan fingerprint density at radius 1 is 1.12 bits per heavy atom. The van der Waals surface area contributed by atoms with Crippen LogP contribution in [-0.4, -0.2) is 59.7 Å². The molecule has 0 aromatic heterocycles. The molecule has 1 aromatic carbocycles. The summed E-state index contributed by atoms with van der Waals surface area (Å²) in [5, 5.41) is 11.5. The molecule has 0 unspecified atom stereocenters. The second kappa shape index (κ2) is 11.3. The van der Waals surface area contributed by atoms with E-state index in [0.717, 1.165) is 31.2 Å². The Morgan fingerprint density at radius 2 is 1.88 bits per heavy atom. The predicted octanol–water partition coefficient (Wildman–Crippen LogP) is 1.29. The molecular formula is C24H35N5O4. The first kappa shape index (κ1) is 24.7. The summed E-state index contributed by atoms with van der Waals surface area (Å²) in [6.45, 7) is 3.49. The highest BCUT2D eigenvalue weighted by atomic mass is 16.2. The minimum absolute atomic E-state index is 0.0257. The molecule has 33 heavy (non-hydrogen) atoms. The van der Waals surface area contributed by atoms with Crippen molar-refractivity contribution in [2.45, 2.75) is 83.1 Å². The Morgan fingerprint density at radius 3 is 2.61 bits per heavy atom. The molecule has 0 spiro atoms. The maximum atomic E-state index is 13.4. The van der Waals surface area contributed by atoms with E-state index in [4.69, 9.17) is 0 Å². The van der Waals surface area contributed by atoms with Crippen molar-refractivity contribution < 1.29 is 19.2 Å². The number of nitrogens with zero attached hydrogens (tertiary/aromatic N) is 1. The monoisotopic (exact) mass is 457 g/mol. The van der Waals surface area contributed by atoms with Crippen molar-refractivity contribution >= 4 is 29.3 Å². The molecule has 2 aliphatic rings. The fourth-order valence-electron chi connectivity index (χ4n) is 4.62. The number of benzene rings is 1. The minimum Gasteiger partial charge on any atom is -0.350 e. The third-order valence-corrected chi connectivity index (χ3v) is 6.49. The summed E-state index contributed by atoms with van der Waals surface area (Å²) in [6, 6.07) is 5.77. The van der Waals surface area contributed by atoms with Gasteiger partial charge in [-0.05, 0) is 57.4 Å². The van der Waals surface area contributed by atoms with Gasteiger partial charge >= 0.3 is 0 Å². The number of hydrogen-bond acceptors (Lipinski definition) is 5. The Hall–Kier alpha value is -2.94. The molecule has 0 aliphatic carbocycles. The Kier molecular flexibility index (Phi) is 8.43. The molecule has 3 rings (SSSR count). The molecule has 2 saturated heterocycles. The fraction of sp³-hybridized carbons (Fsp3) is 0.583. The lowest BCUT2D eigenvalue weighted by Crippen LogP contribution is -2.57. The molecule has 1 aromatic rings. The number of likely N-dealkylation sites (N-methyl/N-ethyl adjacent to an activating group) is 1. The van der Waals surface area contributed by atoms with Crippen molar-refractivity contribution in [3.8, 4) is 0 Å². The quantitative estimate of drug-likeness (QED) is 0.492. The highest BCUT2D eigenvalue weighted by molar-refractivity contribution is 5.93. The van der Waals surface area contributed by atoms with Gasteiger partial charge in [-0.2, -0.15) is 0 Å². The average Bonchev–Trinajstić information content (AvgIpc) is 3.20. The summed E-state index contributed by atoms with van der Waals surface area (Å²) in [5.74, 6) is -0.728. The number of anilines is 1. The van der Waals surface area contributed by atoms with Gasteiger partial charge in [-0.1, -0.05) is 25.0 Å². The number of amides is 4. The predicted molar refractivity (Wildman–Crippen MR) is 125 cm³/mol. The molecule has 2 aliphatic heterocycles. The van der Waals surface area contributed by atoms with Crippen LogP contribution in [0.3, 0.4) is 0 Å². The summed E-state index contributed by atoms with van der Waals surface area (Å²) in [5.41, 5.74) is 1.53. The number of fused-ring (bicyclic) bond motifs is 1. The third-order valence-electron chi connectivity index (χ3n) is 6.49. The van der Waals surface area contributed by atoms with Crippen LogP contribution in [0.15, 0.2) is 24.3 Å². The minimum atomic E-state index is -0.612. The molecule has 9 heteroatoms. The molecule has 0 bridgehead atoms. The maximum absolute atomic E-state index is 13.4. The van der Waals surface area contributed by atoms with Crippen LogP contribution in [0, 0.1) is 0 Å². The zero-order valence-electron chi connectivity index (χ0n) is 19.6. The molecule has 0 saturated carbocycles. The number of carbonyl (C=O) groups is 4. The topological polar surface area (TPSA) is 120 Å². The first-order valence-corrected chi connectivity index (χ1v) is 11.7. The lowest BCUT2D eigenvalue weighted by atomic mass is 9.98. The molecular weight excluding hydrogens is 422 g/mol. The van der Waals surface area contributed by atoms with Gasteiger partial charge in [0.1, 0.15) is 12.1 Å². The van der Waals surface area contributed by atoms with Crippen LogP contribution in [0.2, 0.25) is 0 Å². The highest BCUT2D eigenvalue weighted by Gasteiger charge is 2.43. The van der Waals surface area contributed by atoms with Crippen molar-refractivity contribution in [3.05, 3.63) is 29.8 Å². The largest absolute Gasteiger partial charge is 0.350 e. The maximum Gasteiger partial charge on any atom is 0.246 e. The van der Waals surface area contributed by atoms with E-state index in [2.05, 4.69) is 21.3 Å². The normalized spacial score (nSPS) is 23.7. The first-order chi connectivity index (χ1) is 15.8. The number of rotatable bonds is 7. The van der Waals surface area contributed by atoms with Gasteiger partial charge in [0, 0.05) is 25.2 Å². The van der Waals surface area contributed by atoms with Crippen LogP contribution in [-0.2, 0) is 25.7 Å². The molecule has 2 fully saturated rings. The van der Waals surface area contributed by atoms with E-state index in [1.165, 1.54) is 6.92 Å². The van der Waals surface area contributed by atoms with E-state index in [1.807, 2.05) is 18.2 Å². The van der Waals surface area contributed by atoms with E-state index in [9.17, 15) is 19.2 Å². The van der Waals surface area contributed by atoms with Gasteiger partial charge in [0.25, 0.3) is 0 Å². The molecule has 4 amide bonds. The Bertz CT molecular complexity index is 889. The number of nitrogens with one attached hydrogen (secondary N) is 4. The summed E-state index contributed by atoms with van der Waals surface area (Å²) < 4.78 is 0. The van der Waals surface area contributed by atoms with Crippen LogP contribution < -0.4 is 21.3 Å². The number of carbonyl (C=O) groups excluding carboxylic acids is 4. The van der Waals surface area contributed by atoms with Crippen LogP contribution in [0.1, 0.15) is 57.9 Å².